The van der Waals surface area contributed by atoms with E-state index in [4.69, 9.17) is 11.6 Å². The first kappa shape index (κ1) is 19.9. The number of carbonyl (C=O) groups is 3. The van der Waals surface area contributed by atoms with E-state index in [1.807, 2.05) is 0 Å². The van der Waals surface area contributed by atoms with E-state index in [0.29, 0.717) is 15.1 Å². The van der Waals surface area contributed by atoms with Gasteiger partial charge in [-0.3, -0.25) is 4.79 Å². The zero-order chi connectivity index (χ0) is 19.3. The van der Waals surface area contributed by atoms with Crippen LogP contribution in [0.4, 0.5) is 0 Å². The van der Waals surface area contributed by atoms with Gasteiger partial charge in [0.25, 0.3) is 5.91 Å². The molecule has 0 heterocycles. The summed E-state index contributed by atoms with van der Waals surface area (Å²) in [5.41, 5.74) is 1.00. The highest BCUT2D eigenvalue weighted by atomic mass is 79.9. The molecule has 0 radical (unpaired) electrons. The molecule has 0 spiro atoms. The average molecular weight is 441 g/mol. The summed E-state index contributed by atoms with van der Waals surface area (Å²) in [6.45, 7) is 0. The molecule has 2 aromatic rings. The highest BCUT2D eigenvalue weighted by molar-refractivity contribution is 9.10. The predicted molar refractivity (Wildman–Crippen MR) is 99.5 cm³/mol. The maximum absolute atomic E-state index is 12.4. The van der Waals surface area contributed by atoms with Crippen LogP contribution in [0.2, 0.25) is 5.02 Å². The fraction of sp³-hybridized carbons (Fsp3) is 0.167. The number of carboxylic acids is 1. The molecule has 0 bridgehead atoms. The third-order valence-corrected chi connectivity index (χ3v) is 4.59. The second-order valence-electron chi connectivity index (χ2n) is 5.38. The van der Waals surface area contributed by atoms with Crippen molar-refractivity contribution in [2.45, 2.75) is 12.5 Å². The number of halogens is 2. The van der Waals surface area contributed by atoms with Crippen LogP contribution in [0.3, 0.4) is 0 Å². The molecule has 2 N–H and O–H groups in total. The van der Waals surface area contributed by atoms with Crippen molar-refractivity contribution >= 4 is 45.4 Å². The van der Waals surface area contributed by atoms with Gasteiger partial charge in [-0.15, -0.1) is 0 Å². The van der Waals surface area contributed by atoms with E-state index in [-0.39, 0.29) is 17.5 Å². The molecule has 8 heteroatoms. The van der Waals surface area contributed by atoms with Crippen LogP contribution in [-0.4, -0.2) is 36.1 Å². The number of methoxy groups -OCH3 is 1. The van der Waals surface area contributed by atoms with Crippen molar-refractivity contribution in [2.75, 3.05) is 7.11 Å². The van der Waals surface area contributed by atoms with Crippen LogP contribution >= 0.6 is 27.5 Å². The molecule has 0 saturated carbocycles. The molecule has 0 aliphatic rings. The highest BCUT2D eigenvalue weighted by Crippen LogP contribution is 2.22. The van der Waals surface area contributed by atoms with Gasteiger partial charge in [-0.05, 0) is 42.0 Å². The van der Waals surface area contributed by atoms with Gasteiger partial charge in [-0.25, -0.2) is 9.59 Å². The SMILES string of the molecule is COC(=O)c1cccc(C(=O)N[C@H](Cc2cc(Cl)ccc2Br)C(=O)O)c1. The van der Waals surface area contributed by atoms with Gasteiger partial charge in [-0.1, -0.05) is 33.6 Å². The Hall–Kier alpha value is -2.38. The number of aliphatic carboxylic acids is 1. The Labute approximate surface area is 163 Å². The molecule has 0 saturated heterocycles. The number of carboxylic acid groups (broad SMARTS) is 1. The van der Waals surface area contributed by atoms with E-state index in [0.717, 1.165) is 0 Å². The lowest BCUT2D eigenvalue weighted by Gasteiger charge is -2.16. The Morgan fingerprint density at radius 2 is 1.88 bits per heavy atom. The van der Waals surface area contributed by atoms with E-state index in [1.165, 1.54) is 31.4 Å². The van der Waals surface area contributed by atoms with Gasteiger partial charge in [0.05, 0.1) is 12.7 Å². The molecule has 0 aliphatic heterocycles. The van der Waals surface area contributed by atoms with Crippen LogP contribution in [0.15, 0.2) is 46.9 Å². The van der Waals surface area contributed by atoms with Crippen molar-refractivity contribution in [3.63, 3.8) is 0 Å². The summed E-state index contributed by atoms with van der Waals surface area (Å²) in [6, 6.07) is 9.68. The van der Waals surface area contributed by atoms with Crippen molar-refractivity contribution in [2.24, 2.45) is 0 Å². The summed E-state index contributed by atoms with van der Waals surface area (Å²) in [7, 11) is 1.23. The molecule has 0 aromatic heterocycles. The van der Waals surface area contributed by atoms with Crippen molar-refractivity contribution < 1.29 is 24.2 Å². The minimum Gasteiger partial charge on any atom is -0.480 e. The van der Waals surface area contributed by atoms with E-state index in [1.54, 1.807) is 18.2 Å². The minimum absolute atomic E-state index is 0.0406. The number of hydrogen-bond donors (Lipinski definition) is 2. The molecular formula is C18H15BrClNO5. The molecule has 136 valence electrons. The zero-order valence-electron chi connectivity index (χ0n) is 13.7. The lowest BCUT2D eigenvalue weighted by Crippen LogP contribution is -2.42. The summed E-state index contributed by atoms with van der Waals surface area (Å²) in [5.74, 6) is -2.38. The van der Waals surface area contributed by atoms with Gasteiger partial charge in [0, 0.05) is 21.5 Å². The first-order valence-electron chi connectivity index (χ1n) is 7.47. The Morgan fingerprint density at radius 1 is 1.19 bits per heavy atom. The molecular weight excluding hydrogens is 426 g/mol. The molecule has 0 aliphatic carbocycles. The van der Waals surface area contributed by atoms with Crippen LogP contribution in [-0.2, 0) is 16.0 Å². The molecule has 26 heavy (non-hydrogen) atoms. The summed E-state index contributed by atoms with van der Waals surface area (Å²) >= 11 is 9.28. The predicted octanol–water partition coefficient (Wildman–Crippen LogP) is 3.31. The van der Waals surface area contributed by atoms with E-state index in [2.05, 4.69) is 26.0 Å². The second kappa shape index (κ2) is 8.82. The maximum Gasteiger partial charge on any atom is 0.337 e. The van der Waals surface area contributed by atoms with Gasteiger partial charge in [0.15, 0.2) is 0 Å². The first-order chi connectivity index (χ1) is 12.3. The first-order valence-corrected chi connectivity index (χ1v) is 8.65. The normalized spacial score (nSPS) is 11.5. The van der Waals surface area contributed by atoms with Crippen molar-refractivity contribution in [3.8, 4) is 0 Å². The van der Waals surface area contributed by atoms with Gasteiger partial charge in [-0.2, -0.15) is 0 Å². The summed E-state index contributed by atoms with van der Waals surface area (Å²) in [6.07, 6.45) is 0.0406. The smallest absolute Gasteiger partial charge is 0.337 e. The number of carbonyl (C=O) groups excluding carboxylic acids is 2. The van der Waals surface area contributed by atoms with Crippen LogP contribution in [0.1, 0.15) is 26.3 Å². The highest BCUT2D eigenvalue weighted by Gasteiger charge is 2.23. The summed E-state index contributed by atoms with van der Waals surface area (Å²) < 4.78 is 5.30. The molecule has 6 nitrogen and oxygen atoms in total. The van der Waals surface area contributed by atoms with Gasteiger partial charge in [0.1, 0.15) is 6.04 Å². The van der Waals surface area contributed by atoms with Crippen LogP contribution < -0.4 is 5.32 Å². The third kappa shape index (κ3) is 5.06. The molecule has 0 unspecified atom stereocenters. The monoisotopic (exact) mass is 439 g/mol. The third-order valence-electron chi connectivity index (χ3n) is 3.58. The number of esters is 1. The number of rotatable bonds is 6. The van der Waals surface area contributed by atoms with Crippen LogP contribution in [0, 0.1) is 0 Å². The number of benzene rings is 2. The quantitative estimate of drug-likeness (QED) is 0.672. The minimum atomic E-state index is -1.19. The summed E-state index contributed by atoms with van der Waals surface area (Å²) in [4.78, 5) is 35.5. The van der Waals surface area contributed by atoms with Crippen molar-refractivity contribution in [3.05, 3.63) is 68.7 Å². The zero-order valence-corrected chi connectivity index (χ0v) is 16.0. The second-order valence-corrected chi connectivity index (χ2v) is 6.67. The number of ether oxygens (including phenoxy) is 1. The van der Waals surface area contributed by atoms with Crippen LogP contribution in [0.25, 0.3) is 0 Å². The molecule has 1 amide bonds. The standard InChI is InChI=1S/C18H15BrClNO5/c1-26-18(25)11-4-2-3-10(7-11)16(22)21-15(17(23)24)9-12-8-13(20)5-6-14(12)19/h2-8,15H,9H2,1H3,(H,21,22)(H,23,24)/t15-/m1/s1. The molecule has 2 rings (SSSR count). The van der Waals surface area contributed by atoms with E-state index >= 15 is 0 Å². The van der Waals surface area contributed by atoms with Gasteiger partial charge < -0.3 is 15.2 Å². The van der Waals surface area contributed by atoms with Gasteiger partial charge >= 0.3 is 11.9 Å². The molecule has 0 fully saturated rings. The number of hydrogen-bond acceptors (Lipinski definition) is 4. The maximum atomic E-state index is 12.4. The summed E-state index contributed by atoms with van der Waals surface area (Å²) in [5, 5.41) is 12.4. The lowest BCUT2D eigenvalue weighted by atomic mass is 10.0. The fourth-order valence-electron chi connectivity index (χ4n) is 2.27. The van der Waals surface area contributed by atoms with Gasteiger partial charge in [0.2, 0.25) is 0 Å². The molecule has 2 aromatic carbocycles. The number of amides is 1. The van der Waals surface area contributed by atoms with Crippen molar-refractivity contribution in [1.29, 1.82) is 0 Å². The lowest BCUT2D eigenvalue weighted by molar-refractivity contribution is -0.139. The van der Waals surface area contributed by atoms with Crippen LogP contribution in [0.5, 0.6) is 0 Å². The Kier molecular flexibility index (Phi) is 6.76. The molecule has 1 atom stereocenters. The Balaban J connectivity index is 2.19. The Morgan fingerprint density at radius 3 is 2.54 bits per heavy atom. The topological polar surface area (TPSA) is 92.7 Å². The fourth-order valence-corrected chi connectivity index (χ4v) is 2.87. The van der Waals surface area contributed by atoms with E-state index in [9.17, 15) is 19.5 Å². The average Bonchev–Trinajstić information content (AvgIpc) is 2.63. The Bertz CT molecular complexity index is 855. The van der Waals surface area contributed by atoms with E-state index < -0.39 is 23.9 Å². The van der Waals surface area contributed by atoms with Crippen molar-refractivity contribution in [1.82, 2.24) is 5.32 Å². The largest absolute Gasteiger partial charge is 0.480 e. The number of nitrogens with one attached hydrogen (secondary N) is 1.